The maximum Gasteiger partial charge on any atom is 0.343 e. The Morgan fingerprint density at radius 2 is 1.19 bits per heavy atom. The largest absolute Gasteiger partial charge is 0.466 e. The van der Waals surface area contributed by atoms with Crippen molar-refractivity contribution < 1.29 is 46.7 Å². The maximum absolute atomic E-state index is 13.6. The van der Waals surface area contributed by atoms with Crippen LogP contribution in [0.1, 0.15) is 22.3 Å². The fourth-order valence-electron chi connectivity index (χ4n) is 2.84. The van der Waals surface area contributed by atoms with E-state index in [1.807, 2.05) is 0 Å². The van der Waals surface area contributed by atoms with Crippen LogP contribution in [0.3, 0.4) is 0 Å². The summed E-state index contributed by atoms with van der Waals surface area (Å²) in [5.41, 5.74) is -0.250. The van der Waals surface area contributed by atoms with E-state index in [-0.39, 0.29) is 37.4 Å². The maximum atomic E-state index is 13.6. The van der Waals surface area contributed by atoms with Gasteiger partial charge in [-0.3, -0.25) is 0 Å². The summed E-state index contributed by atoms with van der Waals surface area (Å²) in [7, 11) is 0. The SMILES string of the molecule is C=COCOc1ccc(OCOc2ccc(OC(=O)c3ccc(OCOC=C)cc3)cc2C(F)F)cc1. The molecular formula is C27H24F2O8. The van der Waals surface area contributed by atoms with Gasteiger partial charge in [-0.25, -0.2) is 13.6 Å². The van der Waals surface area contributed by atoms with Gasteiger partial charge in [0.05, 0.1) is 23.7 Å². The van der Waals surface area contributed by atoms with Crippen LogP contribution >= 0.6 is 0 Å². The van der Waals surface area contributed by atoms with E-state index in [4.69, 9.17) is 33.2 Å². The van der Waals surface area contributed by atoms with Crippen molar-refractivity contribution >= 4 is 5.97 Å². The van der Waals surface area contributed by atoms with Gasteiger partial charge in [0.15, 0.2) is 0 Å². The number of esters is 1. The second-order valence-electron chi connectivity index (χ2n) is 6.98. The van der Waals surface area contributed by atoms with Gasteiger partial charge in [-0.15, -0.1) is 0 Å². The number of carbonyl (C=O) groups excluding carboxylic acids is 1. The van der Waals surface area contributed by atoms with Gasteiger partial charge in [0.25, 0.3) is 6.43 Å². The van der Waals surface area contributed by atoms with Crippen molar-refractivity contribution in [1.82, 2.24) is 0 Å². The Hall–Kier alpha value is -4.73. The Morgan fingerprint density at radius 3 is 1.70 bits per heavy atom. The van der Waals surface area contributed by atoms with E-state index in [1.165, 1.54) is 36.8 Å². The van der Waals surface area contributed by atoms with Crippen molar-refractivity contribution in [2.24, 2.45) is 0 Å². The summed E-state index contributed by atoms with van der Waals surface area (Å²) in [6.45, 7) is 6.46. The minimum atomic E-state index is -2.88. The van der Waals surface area contributed by atoms with Gasteiger partial charge in [-0.1, -0.05) is 13.2 Å². The molecule has 0 radical (unpaired) electrons. The number of carbonyl (C=O) groups is 1. The van der Waals surface area contributed by atoms with Gasteiger partial charge < -0.3 is 33.2 Å². The predicted octanol–water partition coefficient (Wildman–Crippen LogP) is 6.25. The van der Waals surface area contributed by atoms with E-state index in [2.05, 4.69) is 13.2 Å². The third kappa shape index (κ3) is 8.46. The molecule has 0 spiro atoms. The van der Waals surface area contributed by atoms with E-state index in [1.54, 1.807) is 36.4 Å². The highest BCUT2D eigenvalue weighted by molar-refractivity contribution is 5.91. The van der Waals surface area contributed by atoms with E-state index < -0.39 is 18.0 Å². The molecule has 0 atom stereocenters. The zero-order chi connectivity index (χ0) is 26.5. The van der Waals surface area contributed by atoms with Crippen LogP contribution in [0.15, 0.2) is 92.4 Å². The molecule has 0 saturated carbocycles. The van der Waals surface area contributed by atoms with Crippen molar-refractivity contribution in [3.05, 3.63) is 104 Å². The van der Waals surface area contributed by atoms with E-state index >= 15 is 0 Å². The van der Waals surface area contributed by atoms with Gasteiger partial charge in [-0.05, 0) is 66.7 Å². The molecule has 0 aliphatic rings. The molecule has 0 unspecified atom stereocenters. The van der Waals surface area contributed by atoms with Crippen LogP contribution in [0.25, 0.3) is 0 Å². The number of benzene rings is 3. The summed E-state index contributed by atoms with van der Waals surface area (Å²) in [6, 6.07) is 16.2. The third-order valence-corrected chi connectivity index (χ3v) is 4.60. The van der Waals surface area contributed by atoms with Crippen LogP contribution in [0.2, 0.25) is 0 Å². The molecule has 0 aromatic heterocycles. The molecule has 0 saturated heterocycles. The molecule has 3 aromatic rings. The zero-order valence-corrected chi connectivity index (χ0v) is 19.6. The highest BCUT2D eigenvalue weighted by Gasteiger charge is 2.18. The zero-order valence-electron chi connectivity index (χ0n) is 19.6. The first kappa shape index (κ1) is 26.9. The summed E-state index contributed by atoms with van der Waals surface area (Å²) in [4.78, 5) is 12.4. The Morgan fingerprint density at radius 1 is 0.703 bits per heavy atom. The molecule has 0 heterocycles. The molecule has 0 N–H and O–H groups in total. The Balaban J connectivity index is 1.55. The van der Waals surface area contributed by atoms with Gasteiger partial charge in [0, 0.05) is 0 Å². The van der Waals surface area contributed by atoms with Gasteiger partial charge in [-0.2, -0.15) is 0 Å². The highest BCUT2D eigenvalue weighted by Crippen LogP contribution is 2.33. The molecule has 0 bridgehead atoms. The first-order chi connectivity index (χ1) is 18.0. The fraction of sp³-hybridized carbons (Fsp3) is 0.148. The van der Waals surface area contributed by atoms with Crippen LogP contribution in [0.5, 0.6) is 28.7 Å². The van der Waals surface area contributed by atoms with Crippen molar-refractivity contribution in [2.75, 3.05) is 20.4 Å². The summed E-state index contributed by atoms with van der Waals surface area (Å²) in [5.74, 6) is 0.538. The lowest BCUT2D eigenvalue weighted by Gasteiger charge is -2.14. The number of halogens is 2. The minimum Gasteiger partial charge on any atom is -0.466 e. The van der Waals surface area contributed by atoms with Crippen molar-refractivity contribution in [3.8, 4) is 28.7 Å². The molecule has 0 aliphatic heterocycles. The lowest BCUT2D eigenvalue weighted by molar-refractivity contribution is 0.0730. The van der Waals surface area contributed by atoms with Crippen LogP contribution in [-0.2, 0) is 9.47 Å². The molecule has 3 aromatic carbocycles. The molecule has 0 fully saturated rings. The molecule has 10 heteroatoms. The third-order valence-electron chi connectivity index (χ3n) is 4.60. The second-order valence-corrected chi connectivity index (χ2v) is 6.98. The lowest BCUT2D eigenvalue weighted by Crippen LogP contribution is -2.10. The monoisotopic (exact) mass is 514 g/mol. The average Bonchev–Trinajstić information content (AvgIpc) is 2.91. The van der Waals surface area contributed by atoms with E-state index in [0.717, 1.165) is 6.07 Å². The van der Waals surface area contributed by atoms with Crippen LogP contribution in [0.4, 0.5) is 8.78 Å². The second kappa shape index (κ2) is 14.0. The molecule has 8 nitrogen and oxygen atoms in total. The standard InChI is InChI=1S/C27H24F2O8/c1-3-31-16-33-20-7-5-19(6-8-20)27(30)37-23-13-14-25(24(15-23)26(28)29)36-18-35-22-11-9-21(10-12-22)34-17-32-4-2/h3-15,26H,1-2,16-18H2. The smallest absolute Gasteiger partial charge is 0.343 e. The normalized spacial score (nSPS) is 10.2. The molecule has 37 heavy (non-hydrogen) atoms. The van der Waals surface area contributed by atoms with Crippen molar-refractivity contribution in [1.29, 1.82) is 0 Å². The fourth-order valence-corrected chi connectivity index (χ4v) is 2.84. The first-order valence-electron chi connectivity index (χ1n) is 10.8. The number of rotatable bonds is 15. The quantitative estimate of drug-likeness (QED) is 0.0774. The summed E-state index contributed by atoms with van der Waals surface area (Å²) >= 11 is 0. The summed E-state index contributed by atoms with van der Waals surface area (Å²) < 4.78 is 63.6. The Bertz CT molecular complexity index is 1160. The van der Waals surface area contributed by atoms with Gasteiger partial charge in [0.1, 0.15) is 28.7 Å². The highest BCUT2D eigenvalue weighted by atomic mass is 19.3. The lowest BCUT2D eigenvalue weighted by atomic mass is 10.2. The van der Waals surface area contributed by atoms with Crippen LogP contribution < -0.4 is 23.7 Å². The van der Waals surface area contributed by atoms with Crippen LogP contribution in [0, 0.1) is 0 Å². The first-order valence-corrected chi connectivity index (χ1v) is 10.8. The van der Waals surface area contributed by atoms with Crippen molar-refractivity contribution in [2.45, 2.75) is 6.43 Å². The van der Waals surface area contributed by atoms with Gasteiger partial charge >= 0.3 is 5.97 Å². The van der Waals surface area contributed by atoms with Crippen LogP contribution in [-0.4, -0.2) is 26.3 Å². The average molecular weight is 514 g/mol. The summed E-state index contributed by atoms with van der Waals surface area (Å²) in [6.07, 6.45) is -0.380. The summed E-state index contributed by atoms with van der Waals surface area (Å²) in [5, 5.41) is 0. The molecule has 0 aliphatic carbocycles. The topological polar surface area (TPSA) is 81.7 Å². The van der Waals surface area contributed by atoms with E-state index in [0.29, 0.717) is 17.2 Å². The Labute approximate surface area is 212 Å². The van der Waals surface area contributed by atoms with Crippen molar-refractivity contribution in [3.63, 3.8) is 0 Å². The number of ether oxygens (including phenoxy) is 7. The molecular weight excluding hydrogens is 490 g/mol. The number of alkyl halides is 2. The Kier molecular flexibility index (Phi) is 10.2. The number of hydrogen-bond acceptors (Lipinski definition) is 8. The molecule has 3 rings (SSSR count). The molecule has 0 amide bonds. The van der Waals surface area contributed by atoms with Gasteiger partial charge in [0.2, 0.25) is 20.4 Å². The minimum absolute atomic E-state index is 0.0159. The predicted molar refractivity (Wildman–Crippen MR) is 129 cm³/mol. The van der Waals surface area contributed by atoms with E-state index in [9.17, 15) is 13.6 Å². The number of hydrogen-bond donors (Lipinski definition) is 0. The molecule has 194 valence electrons.